The third-order valence-electron chi connectivity index (χ3n) is 1.73. The number of nitrogens with zero attached hydrogens (tertiary/aromatic N) is 1. The molecule has 0 aromatic rings. The average molecular weight is 190 g/mol. The van der Waals surface area contributed by atoms with Gasteiger partial charge in [0.1, 0.15) is 0 Å². The van der Waals surface area contributed by atoms with Crippen molar-refractivity contribution in [2.24, 2.45) is 5.73 Å². The molecule has 0 saturated carbocycles. The van der Waals surface area contributed by atoms with Crippen LogP contribution in [0.5, 0.6) is 0 Å². The molecule has 0 aromatic heterocycles. The van der Waals surface area contributed by atoms with E-state index in [-0.39, 0.29) is 6.54 Å². The number of hydrogen-bond donors (Lipinski definition) is 2. The van der Waals surface area contributed by atoms with E-state index in [0.29, 0.717) is 0 Å². The van der Waals surface area contributed by atoms with Crippen molar-refractivity contribution in [3.63, 3.8) is 0 Å². The number of rotatable bonds is 2. The van der Waals surface area contributed by atoms with Gasteiger partial charge in [-0.3, -0.25) is 9.69 Å². The molecule has 78 valence electrons. The third-order valence-corrected chi connectivity index (χ3v) is 1.73. The first kappa shape index (κ1) is 12.3. The summed E-state index contributed by atoms with van der Waals surface area (Å²) in [5.74, 6) is -0.968. The summed E-state index contributed by atoms with van der Waals surface area (Å²) in [6, 6.07) is 0. The number of ether oxygens (including phenoxy) is 1. The largest absolute Gasteiger partial charge is 0.480 e. The van der Waals surface area contributed by atoms with Crippen LogP contribution in [0.3, 0.4) is 0 Å². The summed E-state index contributed by atoms with van der Waals surface area (Å²) < 4.78 is 5.16. The summed E-state index contributed by atoms with van der Waals surface area (Å²) in [6.07, 6.45) is 0. The number of morpholine rings is 1. The molecule has 0 amide bonds. The maximum absolute atomic E-state index is 9.24. The number of carboxylic acids is 1. The molecule has 0 aromatic carbocycles. The molecule has 1 aliphatic rings. The summed E-state index contributed by atoms with van der Waals surface area (Å²) >= 11 is 0. The summed E-state index contributed by atoms with van der Waals surface area (Å²) in [5.41, 5.74) is 4.57. The van der Waals surface area contributed by atoms with Crippen LogP contribution in [-0.2, 0) is 9.53 Å². The fraction of sp³-hybridized carbons (Fsp3) is 0.875. The Morgan fingerprint density at radius 1 is 1.54 bits per heavy atom. The van der Waals surface area contributed by atoms with Gasteiger partial charge in [-0.25, -0.2) is 0 Å². The molecule has 0 radical (unpaired) electrons. The van der Waals surface area contributed by atoms with Crippen molar-refractivity contribution in [3.8, 4) is 0 Å². The highest BCUT2D eigenvalue weighted by Gasteiger charge is 2.05. The monoisotopic (exact) mass is 190 g/mol. The minimum Gasteiger partial charge on any atom is -0.480 e. The highest BCUT2D eigenvalue weighted by molar-refractivity contribution is 5.68. The van der Waals surface area contributed by atoms with Crippen molar-refractivity contribution < 1.29 is 14.6 Å². The molecule has 0 unspecified atom stereocenters. The van der Waals surface area contributed by atoms with Crippen molar-refractivity contribution in [2.75, 3.05) is 39.4 Å². The van der Waals surface area contributed by atoms with Gasteiger partial charge in [0.15, 0.2) is 0 Å². The smallest absolute Gasteiger partial charge is 0.317 e. The SMILES string of the molecule is CCN1CCOCC1.NCC(=O)O. The second kappa shape index (κ2) is 7.97. The van der Waals surface area contributed by atoms with E-state index in [9.17, 15) is 4.79 Å². The van der Waals surface area contributed by atoms with E-state index >= 15 is 0 Å². The lowest BCUT2D eigenvalue weighted by atomic mass is 10.4. The van der Waals surface area contributed by atoms with Crippen LogP contribution in [-0.4, -0.2) is 55.4 Å². The molecule has 0 aliphatic carbocycles. The fourth-order valence-corrected chi connectivity index (χ4v) is 0.917. The van der Waals surface area contributed by atoms with E-state index < -0.39 is 5.97 Å². The zero-order chi connectivity index (χ0) is 10.1. The van der Waals surface area contributed by atoms with Crippen molar-refractivity contribution in [1.29, 1.82) is 0 Å². The van der Waals surface area contributed by atoms with E-state index in [0.717, 1.165) is 26.3 Å². The lowest BCUT2D eigenvalue weighted by Crippen LogP contribution is -2.35. The normalized spacial score (nSPS) is 17.4. The van der Waals surface area contributed by atoms with Crippen LogP contribution < -0.4 is 5.73 Å². The number of aliphatic carboxylic acids is 1. The van der Waals surface area contributed by atoms with Crippen molar-refractivity contribution in [2.45, 2.75) is 6.92 Å². The van der Waals surface area contributed by atoms with E-state index in [1.54, 1.807) is 0 Å². The Kier molecular flexibility index (Phi) is 7.57. The van der Waals surface area contributed by atoms with E-state index in [1.165, 1.54) is 6.54 Å². The highest BCUT2D eigenvalue weighted by Crippen LogP contribution is 1.93. The van der Waals surface area contributed by atoms with Gasteiger partial charge in [-0.05, 0) is 6.54 Å². The Morgan fingerprint density at radius 3 is 2.23 bits per heavy atom. The van der Waals surface area contributed by atoms with Crippen molar-refractivity contribution in [3.05, 3.63) is 0 Å². The number of likely N-dealkylation sites (N-methyl/N-ethyl adjacent to an activating group) is 1. The molecule has 13 heavy (non-hydrogen) atoms. The molecule has 1 aliphatic heterocycles. The molecule has 0 bridgehead atoms. The zero-order valence-electron chi connectivity index (χ0n) is 8.03. The van der Waals surface area contributed by atoms with Crippen LogP contribution in [0.15, 0.2) is 0 Å². The summed E-state index contributed by atoms with van der Waals surface area (Å²) in [6.45, 7) is 7.17. The van der Waals surface area contributed by atoms with Gasteiger partial charge in [0.25, 0.3) is 0 Å². The van der Waals surface area contributed by atoms with Gasteiger partial charge in [0.05, 0.1) is 19.8 Å². The first-order valence-electron chi connectivity index (χ1n) is 4.42. The first-order valence-corrected chi connectivity index (χ1v) is 4.42. The van der Waals surface area contributed by atoms with Crippen LogP contribution in [0.1, 0.15) is 6.92 Å². The van der Waals surface area contributed by atoms with Crippen molar-refractivity contribution in [1.82, 2.24) is 4.90 Å². The lowest BCUT2D eigenvalue weighted by molar-refractivity contribution is -0.135. The maximum Gasteiger partial charge on any atom is 0.317 e. The van der Waals surface area contributed by atoms with E-state index in [2.05, 4.69) is 17.6 Å². The molecule has 5 heteroatoms. The van der Waals surface area contributed by atoms with Gasteiger partial charge in [0.2, 0.25) is 0 Å². The molecular weight excluding hydrogens is 172 g/mol. The maximum atomic E-state index is 9.24. The number of carboxylic acid groups (broad SMARTS) is 1. The Bertz CT molecular complexity index is 135. The predicted octanol–water partition coefficient (Wildman–Crippen LogP) is -0.632. The van der Waals surface area contributed by atoms with Crippen LogP contribution in [0.2, 0.25) is 0 Å². The van der Waals surface area contributed by atoms with Crippen molar-refractivity contribution >= 4 is 5.97 Å². The van der Waals surface area contributed by atoms with E-state index in [4.69, 9.17) is 9.84 Å². The Labute approximate surface area is 78.5 Å². The quantitative estimate of drug-likeness (QED) is 0.606. The van der Waals surface area contributed by atoms with Crippen LogP contribution >= 0.6 is 0 Å². The zero-order valence-corrected chi connectivity index (χ0v) is 8.03. The van der Waals surface area contributed by atoms with Crippen LogP contribution in [0.25, 0.3) is 0 Å². The molecule has 0 spiro atoms. The second-order valence-corrected chi connectivity index (χ2v) is 2.64. The highest BCUT2D eigenvalue weighted by atomic mass is 16.5. The summed E-state index contributed by atoms with van der Waals surface area (Å²) in [5, 5.41) is 7.60. The molecule has 1 rings (SSSR count). The average Bonchev–Trinajstić information content (AvgIpc) is 2.20. The molecule has 1 heterocycles. The van der Waals surface area contributed by atoms with E-state index in [1.807, 2.05) is 0 Å². The summed E-state index contributed by atoms with van der Waals surface area (Å²) in [7, 11) is 0. The van der Waals surface area contributed by atoms with Gasteiger partial charge in [0, 0.05) is 13.1 Å². The van der Waals surface area contributed by atoms with Gasteiger partial charge >= 0.3 is 5.97 Å². The predicted molar refractivity (Wildman–Crippen MR) is 49.6 cm³/mol. The van der Waals surface area contributed by atoms with Crippen LogP contribution in [0.4, 0.5) is 0 Å². The minimum atomic E-state index is -0.968. The topological polar surface area (TPSA) is 75.8 Å². The van der Waals surface area contributed by atoms with Gasteiger partial charge in [-0.1, -0.05) is 6.92 Å². The molecule has 5 nitrogen and oxygen atoms in total. The number of nitrogens with two attached hydrogens (primary N) is 1. The molecular formula is C8H18N2O3. The Morgan fingerprint density at radius 2 is 2.00 bits per heavy atom. The number of hydrogen-bond acceptors (Lipinski definition) is 4. The minimum absolute atomic E-state index is 0.278. The van der Waals surface area contributed by atoms with Gasteiger partial charge in [-0.2, -0.15) is 0 Å². The van der Waals surface area contributed by atoms with Gasteiger partial charge < -0.3 is 15.6 Å². The first-order chi connectivity index (χ1) is 6.20. The number of carbonyl (C=O) groups is 1. The van der Waals surface area contributed by atoms with Crippen LogP contribution in [0, 0.1) is 0 Å². The molecule has 1 fully saturated rings. The Hall–Kier alpha value is -0.650. The molecule has 0 atom stereocenters. The summed E-state index contributed by atoms with van der Waals surface area (Å²) in [4.78, 5) is 11.6. The van der Waals surface area contributed by atoms with Gasteiger partial charge in [-0.15, -0.1) is 0 Å². The standard InChI is InChI=1S/C6H13NO.C2H5NO2/c1-2-7-3-5-8-6-4-7;3-1-2(4)5/h2-6H2,1H3;1,3H2,(H,4,5). The molecule has 3 N–H and O–H groups in total. The second-order valence-electron chi connectivity index (χ2n) is 2.64. The third kappa shape index (κ3) is 7.70. The fourth-order valence-electron chi connectivity index (χ4n) is 0.917. The molecule has 1 saturated heterocycles. The lowest BCUT2D eigenvalue weighted by Gasteiger charge is -2.24. The Balaban J connectivity index is 0.000000252.